The molecule has 0 fully saturated rings. The van der Waals surface area contributed by atoms with Gasteiger partial charge in [0.1, 0.15) is 0 Å². The van der Waals surface area contributed by atoms with Crippen molar-refractivity contribution in [3.05, 3.63) is 29.6 Å². The van der Waals surface area contributed by atoms with E-state index in [1.54, 1.807) is 6.07 Å². The largest absolute Gasteiger partial charge is 0.494 e. The van der Waals surface area contributed by atoms with Gasteiger partial charge >= 0.3 is 0 Å². The van der Waals surface area contributed by atoms with Gasteiger partial charge in [0.15, 0.2) is 11.6 Å². The number of hydrogen-bond acceptors (Lipinski definition) is 2. The minimum absolute atomic E-state index is 0.292. The normalized spacial score (nSPS) is 12.9. The van der Waals surface area contributed by atoms with Gasteiger partial charge in [-0.05, 0) is 30.5 Å². The molecule has 0 aromatic heterocycles. The highest BCUT2D eigenvalue weighted by molar-refractivity contribution is 5.29. The highest BCUT2D eigenvalue weighted by atomic mass is 19.1. The van der Waals surface area contributed by atoms with Crippen molar-refractivity contribution in [2.24, 2.45) is 5.92 Å². The molecule has 16 heavy (non-hydrogen) atoms. The van der Waals surface area contributed by atoms with E-state index in [4.69, 9.17) is 4.74 Å². The van der Waals surface area contributed by atoms with Crippen LogP contribution in [0.5, 0.6) is 5.75 Å². The summed E-state index contributed by atoms with van der Waals surface area (Å²) < 4.78 is 18.2. The zero-order valence-corrected chi connectivity index (χ0v) is 10.4. The second kappa shape index (κ2) is 5.85. The van der Waals surface area contributed by atoms with Crippen LogP contribution >= 0.6 is 0 Å². The standard InChI is InChI=1S/C13H20FNO/c1-9(2)10(3)15-8-11-5-6-13(16-4)12(14)7-11/h5-7,9-10,15H,8H2,1-4H3. The van der Waals surface area contributed by atoms with E-state index in [1.165, 1.54) is 13.2 Å². The van der Waals surface area contributed by atoms with Crippen molar-refractivity contribution in [3.8, 4) is 5.75 Å². The van der Waals surface area contributed by atoms with Gasteiger partial charge in [0.2, 0.25) is 0 Å². The molecule has 0 radical (unpaired) electrons. The first-order chi connectivity index (χ1) is 7.54. The highest BCUT2D eigenvalue weighted by Gasteiger charge is 2.07. The molecule has 0 saturated carbocycles. The third kappa shape index (κ3) is 3.49. The Morgan fingerprint density at radius 3 is 2.50 bits per heavy atom. The van der Waals surface area contributed by atoms with E-state index in [2.05, 4.69) is 26.1 Å². The zero-order chi connectivity index (χ0) is 12.1. The van der Waals surface area contributed by atoms with Crippen LogP contribution in [0.3, 0.4) is 0 Å². The summed E-state index contributed by atoms with van der Waals surface area (Å²) in [5.74, 6) is 0.558. The monoisotopic (exact) mass is 225 g/mol. The van der Waals surface area contributed by atoms with Crippen molar-refractivity contribution >= 4 is 0 Å². The average Bonchev–Trinajstić information content (AvgIpc) is 2.25. The lowest BCUT2D eigenvalue weighted by atomic mass is 10.1. The molecule has 3 heteroatoms. The van der Waals surface area contributed by atoms with Crippen molar-refractivity contribution in [1.82, 2.24) is 5.32 Å². The molecule has 0 aliphatic carbocycles. The van der Waals surface area contributed by atoms with Gasteiger partial charge in [-0.15, -0.1) is 0 Å². The molecule has 1 rings (SSSR count). The lowest BCUT2D eigenvalue weighted by molar-refractivity contribution is 0.385. The van der Waals surface area contributed by atoms with Gasteiger partial charge in [0.25, 0.3) is 0 Å². The Balaban J connectivity index is 2.58. The van der Waals surface area contributed by atoms with Crippen LogP contribution in [0.2, 0.25) is 0 Å². The van der Waals surface area contributed by atoms with E-state index in [0.717, 1.165) is 5.56 Å². The van der Waals surface area contributed by atoms with Crippen molar-refractivity contribution in [2.75, 3.05) is 7.11 Å². The van der Waals surface area contributed by atoms with Gasteiger partial charge in [-0.1, -0.05) is 19.9 Å². The topological polar surface area (TPSA) is 21.3 Å². The van der Waals surface area contributed by atoms with E-state index in [9.17, 15) is 4.39 Å². The Kier molecular flexibility index (Phi) is 4.74. The summed E-state index contributed by atoms with van der Waals surface area (Å²) in [7, 11) is 1.47. The molecule has 1 N–H and O–H groups in total. The second-order valence-corrected chi connectivity index (χ2v) is 4.38. The fraction of sp³-hybridized carbons (Fsp3) is 0.538. The Morgan fingerprint density at radius 1 is 1.31 bits per heavy atom. The van der Waals surface area contributed by atoms with E-state index in [-0.39, 0.29) is 5.82 Å². The van der Waals surface area contributed by atoms with Crippen LogP contribution in [-0.4, -0.2) is 13.2 Å². The molecule has 0 saturated heterocycles. The summed E-state index contributed by atoms with van der Waals surface area (Å²) in [6, 6.07) is 5.47. The molecule has 1 aromatic rings. The van der Waals surface area contributed by atoms with E-state index in [0.29, 0.717) is 24.3 Å². The number of rotatable bonds is 5. The molecule has 0 aliphatic rings. The summed E-state index contributed by atoms with van der Waals surface area (Å²) in [4.78, 5) is 0. The Bertz CT molecular complexity index is 339. The molecular formula is C13H20FNO. The van der Waals surface area contributed by atoms with Crippen LogP contribution < -0.4 is 10.1 Å². The SMILES string of the molecule is COc1ccc(CNC(C)C(C)C)cc1F. The fourth-order valence-electron chi connectivity index (χ4n) is 1.33. The third-order valence-electron chi connectivity index (χ3n) is 2.84. The van der Waals surface area contributed by atoms with Crippen LogP contribution in [0.25, 0.3) is 0 Å². The van der Waals surface area contributed by atoms with E-state index < -0.39 is 0 Å². The fourth-order valence-corrected chi connectivity index (χ4v) is 1.33. The average molecular weight is 225 g/mol. The Morgan fingerprint density at radius 2 is 2.00 bits per heavy atom. The predicted octanol–water partition coefficient (Wildman–Crippen LogP) is 2.97. The molecule has 1 atom stereocenters. The molecule has 2 nitrogen and oxygen atoms in total. The molecule has 0 heterocycles. The third-order valence-corrected chi connectivity index (χ3v) is 2.84. The molecule has 0 amide bonds. The summed E-state index contributed by atoms with van der Waals surface area (Å²) in [6.07, 6.45) is 0. The second-order valence-electron chi connectivity index (χ2n) is 4.38. The highest BCUT2D eigenvalue weighted by Crippen LogP contribution is 2.17. The van der Waals surface area contributed by atoms with E-state index >= 15 is 0 Å². The van der Waals surface area contributed by atoms with Gasteiger partial charge in [-0.3, -0.25) is 0 Å². The number of halogens is 1. The summed E-state index contributed by atoms with van der Waals surface area (Å²) in [5, 5.41) is 3.36. The molecule has 0 aliphatic heterocycles. The summed E-state index contributed by atoms with van der Waals surface area (Å²) >= 11 is 0. The maximum atomic E-state index is 13.4. The first kappa shape index (κ1) is 13.0. The van der Waals surface area contributed by atoms with E-state index in [1.807, 2.05) is 6.07 Å². The van der Waals surface area contributed by atoms with Crippen LogP contribution in [0.4, 0.5) is 4.39 Å². The molecular weight excluding hydrogens is 205 g/mol. The first-order valence-electron chi connectivity index (χ1n) is 5.60. The minimum atomic E-state index is -0.306. The summed E-state index contributed by atoms with van der Waals surface area (Å²) in [5.41, 5.74) is 0.936. The number of ether oxygens (including phenoxy) is 1. The maximum Gasteiger partial charge on any atom is 0.165 e. The smallest absolute Gasteiger partial charge is 0.165 e. The van der Waals surface area contributed by atoms with Crippen LogP contribution in [0, 0.1) is 11.7 Å². The molecule has 0 spiro atoms. The Hall–Kier alpha value is -1.09. The molecule has 1 aromatic carbocycles. The number of nitrogens with one attached hydrogen (secondary N) is 1. The van der Waals surface area contributed by atoms with Crippen molar-refractivity contribution in [2.45, 2.75) is 33.4 Å². The van der Waals surface area contributed by atoms with Gasteiger partial charge < -0.3 is 10.1 Å². The van der Waals surface area contributed by atoms with Crippen LogP contribution in [0.15, 0.2) is 18.2 Å². The van der Waals surface area contributed by atoms with Crippen molar-refractivity contribution in [3.63, 3.8) is 0 Å². The van der Waals surface area contributed by atoms with Crippen LogP contribution in [0.1, 0.15) is 26.3 Å². The van der Waals surface area contributed by atoms with Gasteiger partial charge in [0, 0.05) is 12.6 Å². The van der Waals surface area contributed by atoms with Gasteiger partial charge in [-0.25, -0.2) is 4.39 Å². The predicted molar refractivity (Wildman–Crippen MR) is 64.1 cm³/mol. The number of hydrogen-bond donors (Lipinski definition) is 1. The first-order valence-corrected chi connectivity index (χ1v) is 5.60. The number of methoxy groups -OCH3 is 1. The minimum Gasteiger partial charge on any atom is -0.494 e. The lowest BCUT2D eigenvalue weighted by Gasteiger charge is -2.17. The molecule has 0 bridgehead atoms. The quantitative estimate of drug-likeness (QED) is 0.831. The van der Waals surface area contributed by atoms with Crippen LogP contribution in [-0.2, 0) is 6.54 Å². The zero-order valence-electron chi connectivity index (χ0n) is 10.4. The van der Waals surface area contributed by atoms with Gasteiger partial charge in [-0.2, -0.15) is 0 Å². The summed E-state index contributed by atoms with van der Waals surface area (Å²) in [6.45, 7) is 7.13. The van der Waals surface area contributed by atoms with Crippen molar-refractivity contribution < 1.29 is 9.13 Å². The molecule has 1 unspecified atom stereocenters. The Labute approximate surface area is 96.8 Å². The van der Waals surface area contributed by atoms with Gasteiger partial charge in [0.05, 0.1) is 7.11 Å². The maximum absolute atomic E-state index is 13.4. The lowest BCUT2D eigenvalue weighted by Crippen LogP contribution is -2.30. The molecule has 90 valence electrons. The number of benzene rings is 1. The van der Waals surface area contributed by atoms with Crippen molar-refractivity contribution in [1.29, 1.82) is 0 Å².